The first kappa shape index (κ1) is 16.0. The summed E-state index contributed by atoms with van der Waals surface area (Å²) in [7, 11) is 0. The van der Waals surface area contributed by atoms with E-state index in [1.165, 1.54) is 28.2 Å². The Morgan fingerprint density at radius 2 is 1.95 bits per heavy atom. The van der Waals surface area contributed by atoms with E-state index < -0.39 is 0 Å². The normalized spacial score (nSPS) is 15.7. The lowest BCUT2D eigenvalue weighted by Gasteiger charge is -2.20. The van der Waals surface area contributed by atoms with Crippen molar-refractivity contribution in [2.75, 3.05) is 0 Å². The van der Waals surface area contributed by atoms with Gasteiger partial charge in [-0.05, 0) is 37.8 Å². The second-order valence-electron chi connectivity index (χ2n) is 5.72. The van der Waals surface area contributed by atoms with E-state index in [1.54, 1.807) is 0 Å². The van der Waals surface area contributed by atoms with Crippen LogP contribution >= 0.6 is 11.3 Å². The van der Waals surface area contributed by atoms with Crippen LogP contribution in [0.4, 0.5) is 0 Å². The van der Waals surface area contributed by atoms with E-state index in [9.17, 15) is 9.59 Å². The Kier molecular flexibility index (Phi) is 5.79. The Balaban J connectivity index is 1.86. The molecule has 1 aliphatic rings. The number of hydrogen-bond donors (Lipinski definition) is 2. The van der Waals surface area contributed by atoms with Crippen molar-refractivity contribution in [3.8, 4) is 0 Å². The SMILES string of the molecule is CCCc1cc(C(=O)NNC(=O)C2CCCCC2)sc1C. The summed E-state index contributed by atoms with van der Waals surface area (Å²) in [5.41, 5.74) is 6.36. The summed E-state index contributed by atoms with van der Waals surface area (Å²) in [4.78, 5) is 25.9. The zero-order valence-electron chi connectivity index (χ0n) is 12.8. The Hall–Kier alpha value is -1.36. The standard InChI is InChI=1S/C16H24N2O2S/c1-3-7-13-10-14(21-11(13)2)16(20)18-17-15(19)12-8-5-4-6-9-12/h10,12H,3-9H2,1-2H3,(H,17,19)(H,18,20). The van der Waals surface area contributed by atoms with Crippen LogP contribution in [0.5, 0.6) is 0 Å². The molecule has 1 aromatic heterocycles. The maximum Gasteiger partial charge on any atom is 0.279 e. The fraction of sp³-hybridized carbons (Fsp3) is 0.625. The Morgan fingerprint density at radius 3 is 2.62 bits per heavy atom. The number of nitrogens with one attached hydrogen (secondary N) is 2. The Labute approximate surface area is 130 Å². The third-order valence-electron chi connectivity index (χ3n) is 4.04. The fourth-order valence-electron chi connectivity index (χ4n) is 2.80. The molecule has 1 heterocycles. The van der Waals surface area contributed by atoms with Gasteiger partial charge < -0.3 is 0 Å². The molecule has 0 aromatic carbocycles. The van der Waals surface area contributed by atoms with Crippen molar-refractivity contribution in [2.24, 2.45) is 5.92 Å². The molecule has 2 N–H and O–H groups in total. The van der Waals surface area contributed by atoms with E-state index in [2.05, 4.69) is 17.8 Å². The summed E-state index contributed by atoms with van der Waals surface area (Å²) in [5, 5.41) is 0. The van der Waals surface area contributed by atoms with Gasteiger partial charge in [0.05, 0.1) is 4.88 Å². The van der Waals surface area contributed by atoms with Gasteiger partial charge in [0.1, 0.15) is 0 Å². The molecule has 116 valence electrons. The molecule has 1 aromatic rings. The molecule has 0 bridgehead atoms. The van der Waals surface area contributed by atoms with Gasteiger partial charge >= 0.3 is 0 Å². The Bertz CT molecular complexity index is 504. The number of amides is 2. The molecule has 0 radical (unpaired) electrons. The summed E-state index contributed by atoms with van der Waals surface area (Å²) >= 11 is 1.49. The van der Waals surface area contributed by atoms with Gasteiger partial charge in [-0.2, -0.15) is 0 Å². The quantitative estimate of drug-likeness (QED) is 0.838. The summed E-state index contributed by atoms with van der Waals surface area (Å²) in [6, 6.07) is 1.94. The Morgan fingerprint density at radius 1 is 1.24 bits per heavy atom. The lowest BCUT2D eigenvalue weighted by atomic mass is 9.89. The van der Waals surface area contributed by atoms with E-state index >= 15 is 0 Å². The molecule has 0 aliphatic heterocycles. The highest BCUT2D eigenvalue weighted by molar-refractivity contribution is 7.14. The third kappa shape index (κ3) is 4.30. The number of carbonyl (C=O) groups excluding carboxylic acids is 2. The van der Waals surface area contributed by atoms with Gasteiger partial charge in [0.15, 0.2) is 0 Å². The second-order valence-corrected chi connectivity index (χ2v) is 6.98. The van der Waals surface area contributed by atoms with Gasteiger partial charge in [0.25, 0.3) is 5.91 Å². The second kappa shape index (κ2) is 7.59. The van der Waals surface area contributed by atoms with E-state index in [0.29, 0.717) is 4.88 Å². The van der Waals surface area contributed by atoms with Crippen LogP contribution in [0.1, 0.15) is 65.6 Å². The highest BCUT2D eigenvalue weighted by atomic mass is 32.1. The number of carbonyl (C=O) groups is 2. The van der Waals surface area contributed by atoms with Crippen molar-refractivity contribution in [3.05, 3.63) is 21.4 Å². The molecular weight excluding hydrogens is 284 g/mol. The summed E-state index contributed by atoms with van der Waals surface area (Å²) in [6.45, 7) is 4.16. The van der Waals surface area contributed by atoms with Crippen LogP contribution in [0, 0.1) is 12.8 Å². The van der Waals surface area contributed by atoms with Crippen LogP contribution in [-0.4, -0.2) is 11.8 Å². The lowest BCUT2D eigenvalue weighted by Crippen LogP contribution is -2.44. The first-order chi connectivity index (χ1) is 10.1. The van der Waals surface area contributed by atoms with E-state index in [4.69, 9.17) is 0 Å². The average molecular weight is 308 g/mol. The highest BCUT2D eigenvalue weighted by Gasteiger charge is 2.21. The molecule has 2 amide bonds. The molecule has 2 rings (SSSR count). The maximum absolute atomic E-state index is 12.1. The van der Waals surface area contributed by atoms with Gasteiger partial charge in [-0.15, -0.1) is 11.3 Å². The van der Waals surface area contributed by atoms with Crippen molar-refractivity contribution in [2.45, 2.75) is 58.8 Å². The molecule has 0 atom stereocenters. The van der Waals surface area contributed by atoms with E-state index in [0.717, 1.165) is 38.5 Å². The van der Waals surface area contributed by atoms with Crippen LogP contribution in [0.15, 0.2) is 6.07 Å². The van der Waals surface area contributed by atoms with Gasteiger partial charge in [-0.1, -0.05) is 32.6 Å². The fourth-order valence-corrected chi connectivity index (χ4v) is 3.76. The van der Waals surface area contributed by atoms with Gasteiger partial charge in [0.2, 0.25) is 5.91 Å². The van der Waals surface area contributed by atoms with Gasteiger partial charge in [0, 0.05) is 10.8 Å². The molecule has 21 heavy (non-hydrogen) atoms. The number of hydrogen-bond acceptors (Lipinski definition) is 3. The molecule has 0 saturated heterocycles. The predicted octanol–water partition coefficient (Wildman–Crippen LogP) is 3.35. The summed E-state index contributed by atoms with van der Waals surface area (Å²) in [6.07, 6.45) is 7.35. The number of rotatable bonds is 4. The molecule has 1 saturated carbocycles. The van der Waals surface area contributed by atoms with Crippen molar-refractivity contribution in [3.63, 3.8) is 0 Å². The molecule has 5 heteroatoms. The molecule has 0 spiro atoms. The largest absolute Gasteiger partial charge is 0.279 e. The molecule has 1 aliphatic carbocycles. The first-order valence-corrected chi connectivity index (χ1v) is 8.63. The topological polar surface area (TPSA) is 58.2 Å². The minimum atomic E-state index is -0.213. The van der Waals surface area contributed by atoms with E-state index in [-0.39, 0.29) is 17.7 Å². The smallest absolute Gasteiger partial charge is 0.273 e. The molecule has 1 fully saturated rings. The van der Waals surface area contributed by atoms with E-state index in [1.807, 2.05) is 13.0 Å². The number of hydrazine groups is 1. The van der Waals surface area contributed by atoms with Crippen molar-refractivity contribution in [1.29, 1.82) is 0 Å². The van der Waals surface area contributed by atoms with Crippen molar-refractivity contribution < 1.29 is 9.59 Å². The van der Waals surface area contributed by atoms with Crippen LogP contribution in [0.25, 0.3) is 0 Å². The third-order valence-corrected chi connectivity index (χ3v) is 5.13. The van der Waals surface area contributed by atoms with Gasteiger partial charge in [-0.25, -0.2) is 0 Å². The van der Waals surface area contributed by atoms with Crippen LogP contribution in [0.2, 0.25) is 0 Å². The highest BCUT2D eigenvalue weighted by Crippen LogP contribution is 2.24. The van der Waals surface area contributed by atoms with Crippen molar-refractivity contribution in [1.82, 2.24) is 10.9 Å². The lowest BCUT2D eigenvalue weighted by molar-refractivity contribution is -0.126. The van der Waals surface area contributed by atoms with Gasteiger partial charge in [-0.3, -0.25) is 20.4 Å². The monoisotopic (exact) mass is 308 g/mol. The minimum absolute atomic E-state index is 0.0508. The van der Waals surface area contributed by atoms with Crippen molar-refractivity contribution >= 4 is 23.2 Å². The number of thiophene rings is 1. The predicted molar refractivity (Wildman–Crippen MR) is 85.2 cm³/mol. The van der Waals surface area contributed by atoms with Crippen LogP contribution in [-0.2, 0) is 11.2 Å². The summed E-state index contributed by atoms with van der Waals surface area (Å²) in [5.74, 6) is -0.209. The van der Waals surface area contributed by atoms with Crippen LogP contribution in [0.3, 0.4) is 0 Å². The average Bonchev–Trinajstić information content (AvgIpc) is 2.87. The summed E-state index contributed by atoms with van der Waals surface area (Å²) < 4.78 is 0. The maximum atomic E-state index is 12.1. The molecular formula is C16H24N2O2S. The van der Waals surface area contributed by atoms with Crippen LogP contribution < -0.4 is 10.9 Å². The minimum Gasteiger partial charge on any atom is -0.273 e. The zero-order valence-corrected chi connectivity index (χ0v) is 13.6. The zero-order chi connectivity index (χ0) is 15.2. The molecule has 4 nitrogen and oxygen atoms in total. The molecule has 0 unspecified atom stereocenters. The number of aryl methyl sites for hydroxylation is 2. The first-order valence-electron chi connectivity index (χ1n) is 7.81.